The summed E-state index contributed by atoms with van der Waals surface area (Å²) >= 11 is 5.73. The van der Waals surface area contributed by atoms with Gasteiger partial charge in [0.2, 0.25) is 0 Å². The Kier molecular flexibility index (Phi) is 10.4. The Bertz CT molecular complexity index is 719. The quantitative estimate of drug-likeness (QED) is 0.158. The van der Waals surface area contributed by atoms with Crippen LogP contribution in [0.5, 0.6) is 0 Å². The van der Waals surface area contributed by atoms with Crippen LogP contribution in [0.3, 0.4) is 0 Å². The van der Waals surface area contributed by atoms with Crippen LogP contribution in [-0.4, -0.2) is 82.7 Å². The molecule has 0 aliphatic rings. The number of carbonyl (C=O) groups is 2. The van der Waals surface area contributed by atoms with Gasteiger partial charge in [0.05, 0.1) is 49.4 Å². The Morgan fingerprint density at radius 2 is 1.56 bits per heavy atom. The first kappa shape index (κ1) is 25.0. The molecule has 2 atom stereocenters. The molecular formula is C15H20I3N3O6. The van der Waals surface area contributed by atoms with Crippen LogP contribution in [-0.2, 0) is 0 Å². The minimum absolute atomic E-state index is 0.0857. The van der Waals surface area contributed by atoms with E-state index < -0.39 is 37.2 Å². The van der Waals surface area contributed by atoms with Gasteiger partial charge < -0.3 is 36.4 Å². The van der Waals surface area contributed by atoms with Crippen LogP contribution in [0.4, 0.5) is 5.69 Å². The summed E-state index contributed by atoms with van der Waals surface area (Å²) in [7, 11) is 1.47. The Morgan fingerprint density at radius 1 is 1.04 bits per heavy atom. The Labute approximate surface area is 197 Å². The highest BCUT2D eigenvalue weighted by atomic mass is 127. The molecule has 7 N–H and O–H groups in total. The molecule has 1 aromatic rings. The molecular weight excluding hydrogens is 699 g/mol. The SMILES string of the molecule is CN(CC(O)CO)C(=O)c1c(I)c(N)c(I)c(C(=O)NCC(O)CO)c1I. The van der Waals surface area contributed by atoms with Crippen LogP contribution in [0.1, 0.15) is 20.7 Å². The molecule has 2 unspecified atom stereocenters. The van der Waals surface area contributed by atoms with Gasteiger partial charge in [0.25, 0.3) is 11.8 Å². The van der Waals surface area contributed by atoms with Crippen molar-refractivity contribution in [1.29, 1.82) is 0 Å². The second-order valence-electron chi connectivity index (χ2n) is 5.67. The summed E-state index contributed by atoms with van der Waals surface area (Å²) in [6, 6.07) is 0. The third-order valence-corrected chi connectivity index (χ3v) is 6.86. The summed E-state index contributed by atoms with van der Waals surface area (Å²) in [6.07, 6.45) is -2.18. The van der Waals surface area contributed by atoms with Gasteiger partial charge in [0.15, 0.2) is 0 Å². The van der Waals surface area contributed by atoms with Crippen LogP contribution in [0.15, 0.2) is 0 Å². The number of carbonyl (C=O) groups excluding carboxylic acids is 2. The second-order valence-corrected chi connectivity index (χ2v) is 8.91. The smallest absolute Gasteiger partial charge is 0.255 e. The maximum absolute atomic E-state index is 12.8. The van der Waals surface area contributed by atoms with E-state index in [2.05, 4.69) is 5.32 Å². The van der Waals surface area contributed by atoms with E-state index in [1.807, 2.05) is 67.8 Å². The summed E-state index contributed by atoms with van der Waals surface area (Å²) in [5, 5.41) is 39.3. The van der Waals surface area contributed by atoms with E-state index in [-0.39, 0.29) is 29.9 Å². The molecule has 0 aliphatic carbocycles. The number of nitrogens with two attached hydrogens (primary N) is 1. The number of aliphatic hydroxyl groups excluding tert-OH is 4. The third kappa shape index (κ3) is 6.23. The Morgan fingerprint density at radius 3 is 2.07 bits per heavy atom. The molecule has 0 aromatic heterocycles. The molecule has 152 valence electrons. The zero-order chi connectivity index (χ0) is 20.9. The zero-order valence-corrected chi connectivity index (χ0v) is 20.7. The van der Waals surface area contributed by atoms with Crippen LogP contribution < -0.4 is 11.1 Å². The van der Waals surface area contributed by atoms with Crippen molar-refractivity contribution in [3.63, 3.8) is 0 Å². The fraction of sp³-hybridized carbons (Fsp3) is 0.467. The minimum atomic E-state index is -1.10. The fourth-order valence-electron chi connectivity index (χ4n) is 2.08. The number of rotatable bonds is 8. The number of hydrogen-bond acceptors (Lipinski definition) is 7. The van der Waals surface area contributed by atoms with E-state index in [1.54, 1.807) is 0 Å². The number of anilines is 1. The molecule has 9 nitrogen and oxygen atoms in total. The molecule has 0 radical (unpaired) electrons. The van der Waals surface area contributed by atoms with Crippen LogP contribution in [0.25, 0.3) is 0 Å². The monoisotopic (exact) mass is 719 g/mol. The molecule has 0 heterocycles. The predicted octanol–water partition coefficient (Wildman–Crippen LogP) is -0.409. The van der Waals surface area contributed by atoms with Gasteiger partial charge in [0, 0.05) is 23.7 Å². The first-order valence-electron chi connectivity index (χ1n) is 7.64. The van der Waals surface area contributed by atoms with Crippen molar-refractivity contribution in [2.75, 3.05) is 39.1 Å². The molecule has 0 saturated heterocycles. The third-order valence-electron chi connectivity index (χ3n) is 3.54. The van der Waals surface area contributed by atoms with Crippen molar-refractivity contribution >= 4 is 85.3 Å². The van der Waals surface area contributed by atoms with E-state index in [0.29, 0.717) is 10.7 Å². The molecule has 12 heteroatoms. The number of hydrogen-bond donors (Lipinski definition) is 6. The van der Waals surface area contributed by atoms with Crippen LogP contribution >= 0.6 is 67.8 Å². The maximum Gasteiger partial charge on any atom is 0.255 e. The second kappa shape index (κ2) is 11.2. The van der Waals surface area contributed by atoms with Gasteiger partial charge in [-0.3, -0.25) is 9.59 Å². The molecule has 2 amide bonds. The lowest BCUT2D eigenvalue weighted by Gasteiger charge is -2.23. The van der Waals surface area contributed by atoms with Crippen molar-refractivity contribution in [3.8, 4) is 0 Å². The van der Waals surface area contributed by atoms with E-state index in [9.17, 15) is 19.8 Å². The number of nitrogen functional groups attached to an aromatic ring is 1. The first-order chi connectivity index (χ1) is 12.6. The van der Waals surface area contributed by atoms with Gasteiger partial charge in [-0.05, 0) is 67.8 Å². The predicted molar refractivity (Wildman–Crippen MR) is 124 cm³/mol. The lowest BCUT2D eigenvalue weighted by Crippen LogP contribution is -2.38. The summed E-state index contributed by atoms with van der Waals surface area (Å²) in [5.74, 6) is -0.990. The first-order valence-corrected chi connectivity index (χ1v) is 10.9. The lowest BCUT2D eigenvalue weighted by atomic mass is 10.1. The summed E-state index contributed by atoms with van der Waals surface area (Å²) < 4.78 is 1.32. The van der Waals surface area contributed by atoms with Crippen molar-refractivity contribution < 1.29 is 30.0 Å². The van der Waals surface area contributed by atoms with Gasteiger partial charge >= 0.3 is 0 Å². The number of nitrogens with one attached hydrogen (secondary N) is 1. The summed E-state index contributed by atoms with van der Waals surface area (Å²) in [4.78, 5) is 26.7. The molecule has 0 aliphatic heterocycles. The van der Waals surface area contributed by atoms with Gasteiger partial charge in [-0.1, -0.05) is 0 Å². The number of likely N-dealkylation sites (N-methyl/N-ethyl adjacent to an activating group) is 1. The summed E-state index contributed by atoms with van der Waals surface area (Å²) in [5.41, 5.74) is 6.77. The van der Waals surface area contributed by atoms with Crippen molar-refractivity contribution in [2.45, 2.75) is 12.2 Å². The number of benzene rings is 1. The van der Waals surface area contributed by atoms with Crippen molar-refractivity contribution in [3.05, 3.63) is 21.8 Å². The van der Waals surface area contributed by atoms with Crippen LogP contribution in [0, 0.1) is 10.7 Å². The molecule has 1 rings (SSSR count). The van der Waals surface area contributed by atoms with Crippen LogP contribution in [0.2, 0.25) is 0 Å². The average Bonchev–Trinajstić information content (AvgIpc) is 2.63. The van der Waals surface area contributed by atoms with Gasteiger partial charge in [-0.2, -0.15) is 0 Å². The Hall–Kier alpha value is -0.0100. The maximum atomic E-state index is 12.8. The number of amides is 2. The van der Waals surface area contributed by atoms with Crippen molar-refractivity contribution in [2.24, 2.45) is 0 Å². The molecule has 0 fully saturated rings. The molecule has 0 bridgehead atoms. The molecule has 0 saturated carbocycles. The highest BCUT2D eigenvalue weighted by Crippen LogP contribution is 2.34. The number of aliphatic hydroxyl groups is 4. The topological polar surface area (TPSA) is 156 Å². The van der Waals surface area contributed by atoms with Gasteiger partial charge in [0.1, 0.15) is 0 Å². The molecule has 0 spiro atoms. The van der Waals surface area contributed by atoms with E-state index in [1.165, 1.54) is 11.9 Å². The highest BCUT2D eigenvalue weighted by Gasteiger charge is 2.28. The fourth-order valence-corrected chi connectivity index (χ4v) is 6.20. The standard InChI is InChI=1S/C15H20I3N3O6/c1-21(3-7(25)5-23)15(27)9-10(16)8(11(17)13(19)12(9)18)14(26)20-2-6(24)4-22/h6-7,22-25H,2-5,19H2,1H3,(H,20,26). The molecule has 1 aromatic carbocycles. The van der Waals surface area contributed by atoms with E-state index in [4.69, 9.17) is 15.9 Å². The normalized spacial score (nSPS) is 13.2. The van der Waals surface area contributed by atoms with E-state index in [0.717, 1.165) is 0 Å². The Balaban J connectivity index is 3.33. The lowest BCUT2D eigenvalue weighted by molar-refractivity contribution is 0.0519. The van der Waals surface area contributed by atoms with Gasteiger partial charge in [-0.15, -0.1) is 0 Å². The zero-order valence-electron chi connectivity index (χ0n) is 14.2. The summed E-state index contributed by atoms with van der Waals surface area (Å²) in [6.45, 7) is -1.22. The van der Waals surface area contributed by atoms with Gasteiger partial charge in [-0.25, -0.2) is 0 Å². The average molecular weight is 719 g/mol. The largest absolute Gasteiger partial charge is 0.397 e. The molecule has 27 heavy (non-hydrogen) atoms. The number of nitrogens with zero attached hydrogens (tertiary/aromatic N) is 1. The minimum Gasteiger partial charge on any atom is -0.397 e. The van der Waals surface area contributed by atoms with Crippen molar-refractivity contribution in [1.82, 2.24) is 10.2 Å². The highest BCUT2D eigenvalue weighted by molar-refractivity contribution is 14.1. The van der Waals surface area contributed by atoms with E-state index >= 15 is 0 Å². The number of halogens is 3.